The lowest BCUT2D eigenvalue weighted by atomic mass is 9.86. The molecular weight excluding hydrogens is 276 g/mol. The van der Waals surface area contributed by atoms with Gasteiger partial charge in [0.15, 0.2) is 0 Å². The summed E-state index contributed by atoms with van der Waals surface area (Å²) in [6.07, 6.45) is 0. The van der Waals surface area contributed by atoms with E-state index in [4.69, 9.17) is 16.3 Å². The summed E-state index contributed by atoms with van der Waals surface area (Å²) in [5, 5.41) is 11.5. The number of hydrogen-bond donors (Lipinski definition) is 1. The van der Waals surface area contributed by atoms with Crippen LogP contribution in [-0.2, 0) is 15.1 Å². The summed E-state index contributed by atoms with van der Waals surface area (Å²) in [4.78, 5) is 12.2. The lowest BCUT2D eigenvalue weighted by Crippen LogP contribution is -2.38. The lowest BCUT2D eigenvalue weighted by molar-refractivity contribution is -0.161. The molecule has 1 unspecified atom stereocenters. The zero-order valence-electron chi connectivity index (χ0n) is 11.0. The van der Waals surface area contributed by atoms with Gasteiger partial charge >= 0.3 is 5.97 Å². The topological polar surface area (TPSA) is 46.5 Å². The average molecular weight is 291 g/mol. The summed E-state index contributed by atoms with van der Waals surface area (Å²) in [6.45, 7) is 1.90. The van der Waals surface area contributed by atoms with E-state index in [0.717, 1.165) is 0 Å². The van der Waals surface area contributed by atoms with Crippen LogP contribution in [0.15, 0.2) is 54.6 Å². The van der Waals surface area contributed by atoms with E-state index >= 15 is 0 Å². The van der Waals surface area contributed by atoms with E-state index in [-0.39, 0.29) is 6.61 Å². The molecule has 0 saturated heterocycles. The van der Waals surface area contributed by atoms with E-state index in [2.05, 4.69) is 0 Å². The van der Waals surface area contributed by atoms with Crippen molar-refractivity contribution in [2.75, 3.05) is 6.61 Å². The molecule has 0 aromatic heterocycles. The van der Waals surface area contributed by atoms with Crippen molar-refractivity contribution in [3.8, 4) is 0 Å². The summed E-state index contributed by atoms with van der Waals surface area (Å²) < 4.78 is 5.02. The molecule has 0 bridgehead atoms. The predicted octanol–water partition coefficient (Wildman–Crippen LogP) is 3.14. The van der Waals surface area contributed by atoms with E-state index in [9.17, 15) is 9.90 Å². The second-order valence-electron chi connectivity index (χ2n) is 4.30. The van der Waals surface area contributed by atoms with Crippen LogP contribution >= 0.6 is 11.6 Å². The Bertz CT molecular complexity index is 580. The molecule has 0 spiro atoms. The monoisotopic (exact) mass is 290 g/mol. The Balaban J connectivity index is 2.55. The van der Waals surface area contributed by atoms with Crippen molar-refractivity contribution in [2.24, 2.45) is 0 Å². The second-order valence-corrected chi connectivity index (χ2v) is 4.74. The van der Waals surface area contributed by atoms with Gasteiger partial charge in [0.05, 0.1) is 6.61 Å². The van der Waals surface area contributed by atoms with E-state index in [1.807, 2.05) is 6.07 Å². The Morgan fingerprint density at radius 2 is 1.65 bits per heavy atom. The first kappa shape index (κ1) is 14.6. The van der Waals surface area contributed by atoms with Gasteiger partial charge in [-0.15, -0.1) is 0 Å². The number of carbonyl (C=O) groups excluding carboxylic acids is 1. The first-order valence-electron chi connectivity index (χ1n) is 6.30. The lowest BCUT2D eigenvalue weighted by Gasteiger charge is -2.26. The zero-order chi connectivity index (χ0) is 14.6. The van der Waals surface area contributed by atoms with Crippen molar-refractivity contribution in [1.29, 1.82) is 0 Å². The standard InChI is InChI=1S/C16H15ClO3/c1-2-20-15(18)16(19,12-6-4-3-5-7-12)13-8-10-14(17)11-9-13/h3-11,19H,2H2,1H3. The molecule has 2 aromatic carbocycles. The van der Waals surface area contributed by atoms with Gasteiger partial charge in [0.25, 0.3) is 0 Å². The summed E-state index contributed by atoms with van der Waals surface area (Å²) in [7, 11) is 0. The summed E-state index contributed by atoms with van der Waals surface area (Å²) in [6, 6.07) is 15.2. The molecule has 1 N–H and O–H groups in total. The van der Waals surface area contributed by atoms with E-state index in [1.54, 1.807) is 55.5 Å². The number of hydrogen-bond acceptors (Lipinski definition) is 3. The van der Waals surface area contributed by atoms with Crippen molar-refractivity contribution in [1.82, 2.24) is 0 Å². The van der Waals surface area contributed by atoms with Gasteiger partial charge in [-0.3, -0.25) is 0 Å². The summed E-state index contributed by atoms with van der Waals surface area (Å²) in [5.74, 6) is -0.700. The molecule has 0 fully saturated rings. The number of esters is 1. The Morgan fingerprint density at radius 3 is 2.20 bits per heavy atom. The molecule has 3 nitrogen and oxygen atoms in total. The second kappa shape index (κ2) is 6.07. The van der Waals surface area contributed by atoms with Crippen molar-refractivity contribution in [3.05, 3.63) is 70.7 Å². The number of carbonyl (C=O) groups is 1. The van der Waals surface area contributed by atoms with Crippen LogP contribution in [-0.4, -0.2) is 17.7 Å². The maximum atomic E-state index is 12.2. The van der Waals surface area contributed by atoms with Crippen LogP contribution in [0, 0.1) is 0 Å². The number of ether oxygens (including phenoxy) is 1. The largest absolute Gasteiger partial charge is 0.463 e. The van der Waals surface area contributed by atoms with Gasteiger partial charge in [0.1, 0.15) is 0 Å². The predicted molar refractivity (Wildman–Crippen MR) is 77.5 cm³/mol. The van der Waals surface area contributed by atoms with Crippen molar-refractivity contribution < 1.29 is 14.6 Å². The Morgan fingerprint density at radius 1 is 1.10 bits per heavy atom. The number of halogens is 1. The zero-order valence-corrected chi connectivity index (χ0v) is 11.8. The molecule has 20 heavy (non-hydrogen) atoms. The van der Waals surface area contributed by atoms with Crippen molar-refractivity contribution in [2.45, 2.75) is 12.5 Å². The van der Waals surface area contributed by atoms with E-state index in [0.29, 0.717) is 16.1 Å². The van der Waals surface area contributed by atoms with Crippen LogP contribution in [0.5, 0.6) is 0 Å². The number of benzene rings is 2. The third-order valence-corrected chi connectivity index (χ3v) is 3.28. The molecule has 0 saturated carbocycles. The van der Waals surface area contributed by atoms with Crippen LogP contribution < -0.4 is 0 Å². The number of aliphatic hydroxyl groups is 1. The summed E-state index contributed by atoms with van der Waals surface area (Å²) >= 11 is 5.85. The first-order valence-corrected chi connectivity index (χ1v) is 6.68. The SMILES string of the molecule is CCOC(=O)C(O)(c1ccccc1)c1ccc(Cl)cc1. The van der Waals surface area contributed by atoms with Crippen LogP contribution in [0.3, 0.4) is 0 Å². The third-order valence-electron chi connectivity index (χ3n) is 3.02. The van der Waals surface area contributed by atoms with Gasteiger partial charge in [0, 0.05) is 5.02 Å². The molecule has 2 rings (SSSR count). The Hall–Kier alpha value is -1.84. The molecule has 0 aliphatic heterocycles. The molecule has 0 heterocycles. The van der Waals surface area contributed by atoms with E-state index < -0.39 is 11.6 Å². The highest BCUT2D eigenvalue weighted by molar-refractivity contribution is 6.30. The quantitative estimate of drug-likeness (QED) is 0.880. The van der Waals surface area contributed by atoms with Crippen LogP contribution in [0.1, 0.15) is 18.1 Å². The molecule has 2 aromatic rings. The molecule has 4 heteroatoms. The van der Waals surface area contributed by atoms with E-state index in [1.165, 1.54) is 0 Å². The van der Waals surface area contributed by atoms with Gasteiger partial charge in [-0.05, 0) is 30.2 Å². The summed E-state index contributed by atoms with van der Waals surface area (Å²) in [5.41, 5.74) is -0.950. The van der Waals surface area contributed by atoms with Crippen LogP contribution in [0.4, 0.5) is 0 Å². The highest BCUT2D eigenvalue weighted by Crippen LogP contribution is 2.31. The van der Waals surface area contributed by atoms with Crippen molar-refractivity contribution in [3.63, 3.8) is 0 Å². The normalized spacial score (nSPS) is 13.6. The Kier molecular flexibility index (Phi) is 4.42. The van der Waals surface area contributed by atoms with Gasteiger partial charge in [-0.2, -0.15) is 0 Å². The molecular formula is C16H15ClO3. The molecule has 0 amide bonds. The van der Waals surface area contributed by atoms with Gasteiger partial charge < -0.3 is 9.84 Å². The fraction of sp³-hybridized carbons (Fsp3) is 0.188. The third kappa shape index (κ3) is 2.69. The maximum absolute atomic E-state index is 12.2. The van der Waals surface area contributed by atoms with Gasteiger partial charge in [-0.1, -0.05) is 54.1 Å². The van der Waals surface area contributed by atoms with Crippen LogP contribution in [0.25, 0.3) is 0 Å². The van der Waals surface area contributed by atoms with Crippen molar-refractivity contribution >= 4 is 17.6 Å². The van der Waals surface area contributed by atoms with Gasteiger partial charge in [0.2, 0.25) is 5.60 Å². The minimum atomic E-state index is -1.83. The molecule has 0 aliphatic carbocycles. The Labute approximate surface area is 122 Å². The fourth-order valence-electron chi connectivity index (χ4n) is 2.01. The molecule has 0 aliphatic rings. The average Bonchev–Trinajstić information content (AvgIpc) is 2.48. The fourth-order valence-corrected chi connectivity index (χ4v) is 2.13. The highest BCUT2D eigenvalue weighted by atomic mass is 35.5. The maximum Gasteiger partial charge on any atom is 0.347 e. The minimum Gasteiger partial charge on any atom is -0.463 e. The number of rotatable bonds is 4. The van der Waals surface area contributed by atoms with Crippen LogP contribution in [0.2, 0.25) is 5.02 Å². The molecule has 0 radical (unpaired) electrons. The smallest absolute Gasteiger partial charge is 0.347 e. The minimum absolute atomic E-state index is 0.196. The van der Waals surface area contributed by atoms with Gasteiger partial charge in [-0.25, -0.2) is 4.79 Å². The molecule has 1 atom stereocenters. The molecule has 104 valence electrons. The first-order chi connectivity index (χ1) is 9.59. The highest BCUT2D eigenvalue weighted by Gasteiger charge is 2.41.